The quantitative estimate of drug-likeness (QED) is 0.300. The minimum absolute atomic E-state index is 0.299. The van der Waals surface area contributed by atoms with Gasteiger partial charge in [0.2, 0.25) is 0 Å². The molecule has 166 valence electrons. The molecule has 0 aliphatic carbocycles. The molecule has 0 aliphatic heterocycles. The summed E-state index contributed by atoms with van der Waals surface area (Å²) in [5, 5.41) is 0. The zero-order valence-corrected chi connectivity index (χ0v) is 19.4. The Labute approximate surface area is 200 Å². The zero-order valence-electron chi connectivity index (χ0n) is 17.8. The van der Waals surface area contributed by atoms with E-state index in [0.717, 1.165) is 15.6 Å². The van der Waals surface area contributed by atoms with Gasteiger partial charge in [0, 0.05) is 23.1 Å². The number of nitrogens with one attached hydrogen (secondary N) is 2. The van der Waals surface area contributed by atoms with E-state index >= 15 is 0 Å². The number of nitrogen functional groups attached to an aromatic ring is 1. The second-order valence-electron chi connectivity index (χ2n) is 7.37. The number of benzene rings is 3. The maximum absolute atomic E-state index is 12.5. The van der Waals surface area contributed by atoms with Crippen molar-refractivity contribution in [2.24, 2.45) is 0 Å². The highest BCUT2D eigenvalue weighted by Crippen LogP contribution is 2.28. The summed E-state index contributed by atoms with van der Waals surface area (Å²) < 4.78 is 0.897. The van der Waals surface area contributed by atoms with Crippen molar-refractivity contribution in [3.05, 3.63) is 112 Å². The second kappa shape index (κ2) is 10.6. The summed E-state index contributed by atoms with van der Waals surface area (Å²) in [7, 11) is 0. The van der Waals surface area contributed by atoms with Gasteiger partial charge in [-0.2, -0.15) is 0 Å². The van der Waals surface area contributed by atoms with Crippen LogP contribution in [0.4, 0.5) is 17.3 Å². The van der Waals surface area contributed by atoms with Gasteiger partial charge < -0.3 is 10.6 Å². The standard InChI is InChI=1S/C25H23BrN6O/c26-21-13-11-20(12-14-21)25(33)31-30-23-22(27)24(29-17-28-23)32(15-18-7-3-1-4-8-18)16-19-9-5-2-6-10-19/h1-14,17H,15-16,27H2,(H,31,33)(H,28,29,30). The van der Waals surface area contributed by atoms with Crippen LogP contribution in [0.5, 0.6) is 0 Å². The van der Waals surface area contributed by atoms with Crippen LogP contribution in [0.15, 0.2) is 95.7 Å². The first-order valence-electron chi connectivity index (χ1n) is 10.4. The minimum Gasteiger partial charge on any atom is -0.393 e. The zero-order chi connectivity index (χ0) is 23.0. The molecule has 0 unspecified atom stereocenters. The predicted molar refractivity (Wildman–Crippen MR) is 134 cm³/mol. The molecular formula is C25H23BrN6O. The van der Waals surface area contributed by atoms with Gasteiger partial charge in [-0.25, -0.2) is 9.97 Å². The molecule has 4 rings (SSSR count). The number of anilines is 3. The van der Waals surface area contributed by atoms with Crippen molar-refractivity contribution >= 4 is 39.2 Å². The summed E-state index contributed by atoms with van der Waals surface area (Å²) in [6.07, 6.45) is 1.43. The fraction of sp³-hybridized carbons (Fsp3) is 0.0800. The van der Waals surface area contributed by atoms with Crippen LogP contribution in [0, 0.1) is 0 Å². The van der Waals surface area contributed by atoms with Crippen molar-refractivity contribution in [1.82, 2.24) is 15.4 Å². The van der Waals surface area contributed by atoms with Crippen LogP contribution in [0.1, 0.15) is 21.5 Å². The smallest absolute Gasteiger partial charge is 0.269 e. The average molecular weight is 503 g/mol. The summed E-state index contributed by atoms with van der Waals surface area (Å²) in [6.45, 7) is 1.23. The molecule has 8 heteroatoms. The van der Waals surface area contributed by atoms with Crippen LogP contribution in [-0.4, -0.2) is 15.9 Å². The van der Waals surface area contributed by atoms with E-state index in [1.807, 2.05) is 36.4 Å². The maximum Gasteiger partial charge on any atom is 0.269 e. The number of carbonyl (C=O) groups is 1. The van der Waals surface area contributed by atoms with Crippen molar-refractivity contribution in [1.29, 1.82) is 0 Å². The monoisotopic (exact) mass is 502 g/mol. The van der Waals surface area contributed by atoms with E-state index in [4.69, 9.17) is 5.73 Å². The van der Waals surface area contributed by atoms with E-state index in [1.165, 1.54) is 6.33 Å². The van der Waals surface area contributed by atoms with Crippen LogP contribution in [0.3, 0.4) is 0 Å². The van der Waals surface area contributed by atoms with Crippen LogP contribution in [0.25, 0.3) is 0 Å². The first-order chi connectivity index (χ1) is 16.1. The first-order valence-corrected chi connectivity index (χ1v) is 11.1. The Morgan fingerprint density at radius 3 is 2.00 bits per heavy atom. The van der Waals surface area contributed by atoms with Gasteiger partial charge >= 0.3 is 0 Å². The molecule has 4 aromatic rings. The minimum atomic E-state index is -0.299. The molecule has 7 nitrogen and oxygen atoms in total. The molecule has 4 N–H and O–H groups in total. The normalized spacial score (nSPS) is 10.5. The Morgan fingerprint density at radius 2 is 1.42 bits per heavy atom. The molecule has 1 amide bonds. The lowest BCUT2D eigenvalue weighted by atomic mass is 10.1. The molecule has 0 aliphatic rings. The van der Waals surface area contributed by atoms with Crippen molar-refractivity contribution in [2.75, 3.05) is 16.1 Å². The van der Waals surface area contributed by atoms with Gasteiger partial charge in [0.25, 0.3) is 5.91 Å². The number of hydrazine groups is 1. The average Bonchev–Trinajstić information content (AvgIpc) is 2.84. The highest BCUT2D eigenvalue weighted by atomic mass is 79.9. The Bertz CT molecular complexity index is 1160. The van der Waals surface area contributed by atoms with E-state index in [9.17, 15) is 4.79 Å². The van der Waals surface area contributed by atoms with E-state index in [0.29, 0.717) is 36.0 Å². The largest absolute Gasteiger partial charge is 0.393 e. The summed E-state index contributed by atoms with van der Waals surface area (Å²) in [5.41, 5.74) is 15.0. The molecule has 0 bridgehead atoms. The number of nitrogens with zero attached hydrogens (tertiary/aromatic N) is 3. The molecule has 33 heavy (non-hydrogen) atoms. The summed E-state index contributed by atoms with van der Waals surface area (Å²) in [6, 6.07) is 27.3. The number of nitrogens with two attached hydrogens (primary N) is 1. The fourth-order valence-electron chi connectivity index (χ4n) is 3.34. The molecule has 0 atom stereocenters. The Kier molecular flexibility index (Phi) is 7.16. The van der Waals surface area contributed by atoms with Gasteiger partial charge in [-0.15, -0.1) is 0 Å². The highest BCUT2D eigenvalue weighted by Gasteiger charge is 2.17. The third-order valence-corrected chi connectivity index (χ3v) is 5.52. The molecule has 3 aromatic carbocycles. The number of carbonyl (C=O) groups excluding carboxylic acids is 1. The molecule has 0 fully saturated rings. The van der Waals surface area contributed by atoms with Gasteiger partial charge in [0.15, 0.2) is 11.6 Å². The van der Waals surface area contributed by atoms with Gasteiger partial charge in [-0.3, -0.25) is 15.6 Å². The predicted octanol–water partition coefficient (Wildman–Crippen LogP) is 4.79. The second-order valence-corrected chi connectivity index (χ2v) is 8.29. The van der Waals surface area contributed by atoms with Gasteiger partial charge in [-0.05, 0) is 35.4 Å². The third-order valence-electron chi connectivity index (χ3n) is 5.00. The fourth-order valence-corrected chi connectivity index (χ4v) is 3.60. The van der Waals surface area contributed by atoms with Gasteiger partial charge in [0.05, 0.1) is 0 Å². The summed E-state index contributed by atoms with van der Waals surface area (Å²) in [4.78, 5) is 23.2. The third kappa shape index (κ3) is 5.87. The Morgan fingerprint density at radius 1 is 0.848 bits per heavy atom. The Hall–Kier alpha value is -3.91. The SMILES string of the molecule is Nc1c(NNC(=O)c2ccc(Br)cc2)ncnc1N(Cc1ccccc1)Cc1ccccc1. The van der Waals surface area contributed by atoms with Gasteiger partial charge in [-0.1, -0.05) is 76.6 Å². The number of hydrogen-bond donors (Lipinski definition) is 3. The van der Waals surface area contributed by atoms with Crippen molar-refractivity contribution < 1.29 is 4.79 Å². The molecule has 1 aromatic heterocycles. The lowest BCUT2D eigenvalue weighted by Gasteiger charge is -2.26. The number of hydrogen-bond acceptors (Lipinski definition) is 6. The number of rotatable bonds is 8. The van der Waals surface area contributed by atoms with Crippen molar-refractivity contribution in [3.63, 3.8) is 0 Å². The molecule has 0 saturated heterocycles. The molecule has 1 heterocycles. The van der Waals surface area contributed by atoms with Crippen molar-refractivity contribution in [2.45, 2.75) is 13.1 Å². The van der Waals surface area contributed by atoms with E-state index in [1.54, 1.807) is 24.3 Å². The molecular weight excluding hydrogens is 480 g/mol. The molecule has 0 spiro atoms. The number of halogens is 1. The van der Waals surface area contributed by atoms with Crippen molar-refractivity contribution in [3.8, 4) is 0 Å². The highest BCUT2D eigenvalue weighted by molar-refractivity contribution is 9.10. The maximum atomic E-state index is 12.5. The lowest BCUT2D eigenvalue weighted by Crippen LogP contribution is -2.31. The van der Waals surface area contributed by atoms with Crippen LogP contribution < -0.4 is 21.5 Å². The molecule has 0 saturated carbocycles. The van der Waals surface area contributed by atoms with E-state index in [-0.39, 0.29) is 5.91 Å². The van der Waals surface area contributed by atoms with Crippen LogP contribution >= 0.6 is 15.9 Å². The van der Waals surface area contributed by atoms with Crippen LogP contribution in [-0.2, 0) is 13.1 Å². The summed E-state index contributed by atoms with van der Waals surface area (Å²) >= 11 is 3.36. The van der Waals surface area contributed by atoms with Gasteiger partial charge in [0.1, 0.15) is 12.0 Å². The van der Waals surface area contributed by atoms with Crippen LogP contribution in [0.2, 0.25) is 0 Å². The van der Waals surface area contributed by atoms with E-state index in [2.05, 4.69) is 65.9 Å². The Balaban J connectivity index is 1.56. The topological polar surface area (TPSA) is 96.2 Å². The molecule has 0 radical (unpaired) electrons. The number of amides is 1. The summed E-state index contributed by atoms with van der Waals surface area (Å²) in [5.74, 6) is 0.613. The lowest BCUT2D eigenvalue weighted by molar-refractivity contribution is 0.0962. The first kappa shape index (κ1) is 22.3. The van der Waals surface area contributed by atoms with E-state index < -0.39 is 0 Å². The number of aromatic nitrogens is 2.